The summed E-state index contributed by atoms with van der Waals surface area (Å²) in [5.41, 5.74) is 1.39. The Balaban J connectivity index is 2.27. The first kappa shape index (κ1) is 11.5. The fourth-order valence-electron chi connectivity index (χ4n) is 1.49. The minimum atomic E-state index is 0.232. The number of likely N-dealkylation sites (N-methyl/N-ethyl adjacent to an activating group) is 1. The molecule has 0 amide bonds. The molecule has 1 unspecified atom stereocenters. The topological polar surface area (TPSA) is 3.24 Å². The summed E-state index contributed by atoms with van der Waals surface area (Å²) in [6.45, 7) is 4.05. The summed E-state index contributed by atoms with van der Waals surface area (Å²) in [6.07, 6.45) is 1.10. The van der Waals surface area contributed by atoms with Crippen LogP contribution in [0.15, 0.2) is 30.3 Å². The Bertz CT molecular complexity index is 246. The van der Waals surface area contributed by atoms with Crippen LogP contribution in [0.1, 0.15) is 12.5 Å². The van der Waals surface area contributed by atoms with Gasteiger partial charge in [-0.05, 0) is 26.0 Å². The Morgan fingerprint density at radius 2 is 1.93 bits per heavy atom. The number of hydrogen-bond acceptors (Lipinski definition) is 1. The molecular weight excluding hydrogens is 194 g/mol. The Morgan fingerprint density at radius 3 is 2.50 bits per heavy atom. The summed E-state index contributed by atoms with van der Waals surface area (Å²) >= 11 is 5.91. The predicted octanol–water partition coefficient (Wildman–Crippen LogP) is 2.79. The number of benzene rings is 1. The summed E-state index contributed by atoms with van der Waals surface area (Å²) in [5, 5.41) is 0.232. The van der Waals surface area contributed by atoms with E-state index in [2.05, 4.69) is 36.2 Å². The molecule has 0 aliphatic carbocycles. The van der Waals surface area contributed by atoms with E-state index in [1.807, 2.05) is 13.0 Å². The highest BCUT2D eigenvalue weighted by molar-refractivity contribution is 6.20. The zero-order valence-corrected chi connectivity index (χ0v) is 9.67. The van der Waals surface area contributed by atoms with Crippen molar-refractivity contribution in [3.8, 4) is 0 Å². The first-order chi connectivity index (χ1) is 6.68. The monoisotopic (exact) mass is 211 g/mol. The SMILES string of the molecule is CC(Cl)CN(C)CCc1ccccc1. The molecule has 1 nitrogen and oxygen atoms in total. The van der Waals surface area contributed by atoms with Gasteiger partial charge in [-0.3, -0.25) is 0 Å². The van der Waals surface area contributed by atoms with Gasteiger partial charge in [0.25, 0.3) is 0 Å². The molecule has 2 heteroatoms. The fraction of sp³-hybridized carbons (Fsp3) is 0.500. The molecule has 0 aromatic heterocycles. The van der Waals surface area contributed by atoms with Gasteiger partial charge in [-0.15, -0.1) is 11.6 Å². The number of rotatable bonds is 5. The number of nitrogens with zero attached hydrogens (tertiary/aromatic N) is 1. The van der Waals surface area contributed by atoms with Crippen molar-refractivity contribution in [2.45, 2.75) is 18.7 Å². The Labute approximate surface area is 91.7 Å². The molecule has 0 aliphatic heterocycles. The van der Waals surface area contributed by atoms with Crippen molar-refractivity contribution in [2.24, 2.45) is 0 Å². The molecule has 0 saturated carbocycles. The molecular formula is C12H18ClN. The maximum Gasteiger partial charge on any atom is 0.0434 e. The van der Waals surface area contributed by atoms with Crippen LogP contribution in [-0.2, 0) is 6.42 Å². The van der Waals surface area contributed by atoms with E-state index in [1.165, 1.54) is 5.56 Å². The van der Waals surface area contributed by atoms with Crippen LogP contribution < -0.4 is 0 Å². The number of alkyl halides is 1. The molecule has 1 rings (SSSR count). The third kappa shape index (κ3) is 4.64. The van der Waals surface area contributed by atoms with Crippen LogP contribution in [0.3, 0.4) is 0 Å². The van der Waals surface area contributed by atoms with Crippen LogP contribution in [0.5, 0.6) is 0 Å². The van der Waals surface area contributed by atoms with E-state index in [0.29, 0.717) is 0 Å². The van der Waals surface area contributed by atoms with Gasteiger partial charge in [0.2, 0.25) is 0 Å². The second-order valence-electron chi connectivity index (χ2n) is 3.78. The van der Waals surface area contributed by atoms with Gasteiger partial charge in [0.1, 0.15) is 0 Å². The van der Waals surface area contributed by atoms with Crippen LogP contribution in [-0.4, -0.2) is 30.4 Å². The van der Waals surface area contributed by atoms with Gasteiger partial charge in [0, 0.05) is 18.5 Å². The van der Waals surface area contributed by atoms with Crippen molar-refractivity contribution in [3.05, 3.63) is 35.9 Å². The Hall–Kier alpha value is -0.530. The Morgan fingerprint density at radius 1 is 1.29 bits per heavy atom. The van der Waals surface area contributed by atoms with Crippen molar-refractivity contribution in [2.75, 3.05) is 20.1 Å². The van der Waals surface area contributed by atoms with Crippen LogP contribution >= 0.6 is 11.6 Å². The minimum Gasteiger partial charge on any atom is -0.305 e. The average molecular weight is 212 g/mol. The van der Waals surface area contributed by atoms with E-state index < -0.39 is 0 Å². The van der Waals surface area contributed by atoms with Crippen molar-refractivity contribution in [1.29, 1.82) is 0 Å². The summed E-state index contributed by atoms with van der Waals surface area (Å²) in [6, 6.07) is 10.5. The lowest BCUT2D eigenvalue weighted by Gasteiger charge is -2.17. The molecule has 0 fully saturated rings. The van der Waals surface area contributed by atoms with Gasteiger partial charge in [-0.25, -0.2) is 0 Å². The summed E-state index contributed by atoms with van der Waals surface area (Å²) in [7, 11) is 2.11. The van der Waals surface area contributed by atoms with Crippen LogP contribution in [0, 0.1) is 0 Å². The maximum atomic E-state index is 5.91. The zero-order valence-electron chi connectivity index (χ0n) is 8.91. The molecule has 1 aromatic carbocycles. The molecule has 1 aromatic rings. The van der Waals surface area contributed by atoms with E-state index in [1.54, 1.807) is 0 Å². The van der Waals surface area contributed by atoms with E-state index in [4.69, 9.17) is 11.6 Å². The third-order valence-electron chi connectivity index (χ3n) is 2.19. The molecule has 0 spiro atoms. The molecule has 0 heterocycles. The quantitative estimate of drug-likeness (QED) is 0.678. The smallest absolute Gasteiger partial charge is 0.0434 e. The van der Waals surface area contributed by atoms with Gasteiger partial charge >= 0.3 is 0 Å². The molecule has 14 heavy (non-hydrogen) atoms. The van der Waals surface area contributed by atoms with Crippen molar-refractivity contribution >= 4 is 11.6 Å². The van der Waals surface area contributed by atoms with E-state index in [-0.39, 0.29) is 5.38 Å². The summed E-state index contributed by atoms with van der Waals surface area (Å²) < 4.78 is 0. The van der Waals surface area contributed by atoms with Crippen molar-refractivity contribution < 1.29 is 0 Å². The highest BCUT2D eigenvalue weighted by Crippen LogP contribution is 2.02. The first-order valence-electron chi connectivity index (χ1n) is 5.05. The highest BCUT2D eigenvalue weighted by atomic mass is 35.5. The maximum absolute atomic E-state index is 5.91. The predicted molar refractivity (Wildman–Crippen MR) is 63.0 cm³/mol. The molecule has 1 atom stereocenters. The third-order valence-corrected chi connectivity index (χ3v) is 2.33. The second kappa shape index (κ2) is 6.05. The molecule has 0 radical (unpaired) electrons. The normalized spacial score (nSPS) is 13.1. The number of hydrogen-bond donors (Lipinski definition) is 0. The number of halogens is 1. The molecule has 0 saturated heterocycles. The van der Waals surface area contributed by atoms with Crippen molar-refractivity contribution in [1.82, 2.24) is 4.90 Å². The largest absolute Gasteiger partial charge is 0.305 e. The molecule has 0 bridgehead atoms. The van der Waals surface area contributed by atoms with Crippen LogP contribution in [0.2, 0.25) is 0 Å². The molecule has 0 aliphatic rings. The molecule has 0 N–H and O–H groups in total. The minimum absolute atomic E-state index is 0.232. The van der Waals surface area contributed by atoms with Crippen LogP contribution in [0.25, 0.3) is 0 Å². The summed E-state index contributed by atoms with van der Waals surface area (Å²) in [4.78, 5) is 2.27. The van der Waals surface area contributed by atoms with E-state index in [0.717, 1.165) is 19.5 Å². The average Bonchev–Trinajstić information content (AvgIpc) is 2.15. The van der Waals surface area contributed by atoms with E-state index >= 15 is 0 Å². The van der Waals surface area contributed by atoms with Gasteiger partial charge in [0.05, 0.1) is 0 Å². The molecule has 78 valence electrons. The zero-order chi connectivity index (χ0) is 10.4. The van der Waals surface area contributed by atoms with Gasteiger partial charge in [0.15, 0.2) is 0 Å². The van der Waals surface area contributed by atoms with Gasteiger partial charge < -0.3 is 4.90 Å². The standard InChI is InChI=1S/C12H18ClN/c1-11(13)10-14(2)9-8-12-6-4-3-5-7-12/h3-7,11H,8-10H2,1-2H3. The first-order valence-corrected chi connectivity index (χ1v) is 5.48. The second-order valence-corrected chi connectivity index (χ2v) is 4.52. The lowest BCUT2D eigenvalue weighted by Crippen LogP contribution is -2.26. The Kier molecular flexibility index (Phi) is 4.99. The van der Waals surface area contributed by atoms with Crippen molar-refractivity contribution in [3.63, 3.8) is 0 Å². The highest BCUT2D eigenvalue weighted by Gasteiger charge is 2.02. The van der Waals surface area contributed by atoms with Crippen LogP contribution in [0.4, 0.5) is 0 Å². The van der Waals surface area contributed by atoms with Gasteiger partial charge in [-0.1, -0.05) is 30.3 Å². The van der Waals surface area contributed by atoms with E-state index in [9.17, 15) is 0 Å². The summed E-state index contributed by atoms with van der Waals surface area (Å²) in [5.74, 6) is 0. The fourth-order valence-corrected chi connectivity index (χ4v) is 1.72. The van der Waals surface area contributed by atoms with Gasteiger partial charge in [-0.2, -0.15) is 0 Å². The lowest BCUT2D eigenvalue weighted by atomic mass is 10.1. The lowest BCUT2D eigenvalue weighted by molar-refractivity contribution is 0.341.